The van der Waals surface area contributed by atoms with E-state index in [0.717, 1.165) is 4.47 Å². The van der Waals surface area contributed by atoms with Gasteiger partial charge in [0.15, 0.2) is 23.9 Å². The number of benzene rings is 2. The molecule has 2 aromatic carbocycles. The number of Topliss-reactive ketones (excluding diaryl/α,β-unsaturated/α-hetero) is 1. The molecule has 0 atom stereocenters. The molecule has 3 rings (SSSR count). The van der Waals surface area contributed by atoms with Crippen LogP contribution in [0.15, 0.2) is 46.9 Å². The third-order valence-electron chi connectivity index (χ3n) is 3.09. The van der Waals surface area contributed by atoms with E-state index in [-0.39, 0.29) is 19.2 Å². The molecule has 0 saturated heterocycles. The average Bonchev–Trinajstić information content (AvgIpc) is 2.99. The van der Waals surface area contributed by atoms with Crippen molar-refractivity contribution in [1.29, 1.82) is 0 Å². The van der Waals surface area contributed by atoms with Gasteiger partial charge in [0.25, 0.3) is 0 Å². The molecule has 0 bridgehead atoms. The second-order valence-electron chi connectivity index (χ2n) is 4.58. The number of fused-ring (bicyclic) bond motifs is 1. The number of hydrogen-bond acceptors (Lipinski definition) is 5. The van der Waals surface area contributed by atoms with Gasteiger partial charge in [0.2, 0.25) is 6.79 Å². The zero-order chi connectivity index (χ0) is 15.5. The van der Waals surface area contributed by atoms with Crippen LogP contribution in [0.3, 0.4) is 0 Å². The van der Waals surface area contributed by atoms with Gasteiger partial charge in [-0.2, -0.15) is 0 Å². The quantitative estimate of drug-likeness (QED) is 0.617. The Morgan fingerprint density at radius 3 is 2.68 bits per heavy atom. The van der Waals surface area contributed by atoms with Crippen LogP contribution in [0.4, 0.5) is 0 Å². The van der Waals surface area contributed by atoms with Crippen molar-refractivity contribution in [3.63, 3.8) is 0 Å². The summed E-state index contributed by atoms with van der Waals surface area (Å²) >= 11 is 3.29. The topological polar surface area (TPSA) is 61.8 Å². The molecule has 0 amide bonds. The van der Waals surface area contributed by atoms with Gasteiger partial charge in [0.05, 0.1) is 5.56 Å². The summed E-state index contributed by atoms with van der Waals surface area (Å²) in [7, 11) is 0. The van der Waals surface area contributed by atoms with E-state index in [9.17, 15) is 9.59 Å². The van der Waals surface area contributed by atoms with E-state index in [0.29, 0.717) is 22.6 Å². The normalized spacial score (nSPS) is 12.0. The number of carbonyl (C=O) groups is 2. The molecular weight excluding hydrogens is 352 g/mol. The van der Waals surface area contributed by atoms with Gasteiger partial charge in [0.1, 0.15) is 0 Å². The SMILES string of the molecule is O=C(COC(=O)c1ccc2c(c1)OCO2)c1cccc(Br)c1. The first-order valence-corrected chi connectivity index (χ1v) is 7.28. The maximum Gasteiger partial charge on any atom is 0.338 e. The van der Waals surface area contributed by atoms with Crippen LogP contribution in [0.5, 0.6) is 11.5 Å². The summed E-state index contributed by atoms with van der Waals surface area (Å²) in [5.41, 5.74) is 0.791. The van der Waals surface area contributed by atoms with E-state index in [1.54, 1.807) is 30.3 Å². The molecule has 0 radical (unpaired) electrons. The van der Waals surface area contributed by atoms with Gasteiger partial charge in [-0.05, 0) is 30.3 Å². The molecule has 0 fully saturated rings. The van der Waals surface area contributed by atoms with Crippen molar-refractivity contribution in [2.45, 2.75) is 0 Å². The van der Waals surface area contributed by atoms with E-state index in [2.05, 4.69) is 15.9 Å². The molecule has 0 saturated carbocycles. The highest BCUT2D eigenvalue weighted by atomic mass is 79.9. The van der Waals surface area contributed by atoms with Gasteiger partial charge in [-0.1, -0.05) is 28.1 Å². The Morgan fingerprint density at radius 2 is 1.86 bits per heavy atom. The molecule has 22 heavy (non-hydrogen) atoms. The summed E-state index contributed by atoms with van der Waals surface area (Å²) in [5, 5.41) is 0. The highest BCUT2D eigenvalue weighted by molar-refractivity contribution is 9.10. The van der Waals surface area contributed by atoms with E-state index in [4.69, 9.17) is 14.2 Å². The molecule has 5 nitrogen and oxygen atoms in total. The molecule has 1 aliphatic rings. The third kappa shape index (κ3) is 3.12. The van der Waals surface area contributed by atoms with Gasteiger partial charge in [-0.3, -0.25) is 4.79 Å². The predicted molar refractivity (Wildman–Crippen MR) is 81.3 cm³/mol. The fourth-order valence-corrected chi connectivity index (χ4v) is 2.38. The largest absolute Gasteiger partial charge is 0.454 e. The van der Waals surface area contributed by atoms with Gasteiger partial charge in [-0.15, -0.1) is 0 Å². The molecular formula is C16H11BrO5. The zero-order valence-electron chi connectivity index (χ0n) is 11.4. The summed E-state index contributed by atoms with van der Waals surface area (Å²) in [6.45, 7) is -0.182. The number of rotatable bonds is 4. The van der Waals surface area contributed by atoms with Crippen molar-refractivity contribution >= 4 is 27.7 Å². The second-order valence-corrected chi connectivity index (χ2v) is 5.49. The third-order valence-corrected chi connectivity index (χ3v) is 3.58. The van der Waals surface area contributed by atoms with Crippen molar-refractivity contribution in [2.24, 2.45) is 0 Å². The summed E-state index contributed by atoms with van der Waals surface area (Å²) < 4.78 is 16.2. The minimum Gasteiger partial charge on any atom is -0.454 e. The Hall–Kier alpha value is -2.34. The lowest BCUT2D eigenvalue weighted by molar-refractivity contribution is 0.0474. The van der Waals surface area contributed by atoms with Crippen molar-refractivity contribution in [3.05, 3.63) is 58.1 Å². The summed E-state index contributed by atoms with van der Waals surface area (Å²) in [6, 6.07) is 11.6. The molecule has 0 spiro atoms. The van der Waals surface area contributed by atoms with Crippen LogP contribution in [0.1, 0.15) is 20.7 Å². The molecule has 0 aromatic heterocycles. The smallest absolute Gasteiger partial charge is 0.338 e. The van der Waals surface area contributed by atoms with Crippen LogP contribution in [0.2, 0.25) is 0 Å². The zero-order valence-corrected chi connectivity index (χ0v) is 13.0. The number of ether oxygens (including phenoxy) is 3. The van der Waals surface area contributed by atoms with Crippen LogP contribution in [-0.2, 0) is 4.74 Å². The lowest BCUT2D eigenvalue weighted by Crippen LogP contribution is -2.14. The number of hydrogen-bond donors (Lipinski definition) is 0. The lowest BCUT2D eigenvalue weighted by atomic mass is 10.1. The Balaban J connectivity index is 1.64. The first-order valence-electron chi connectivity index (χ1n) is 6.49. The standard InChI is InChI=1S/C16H11BrO5/c17-12-3-1-2-10(6-12)13(18)8-20-16(19)11-4-5-14-15(7-11)22-9-21-14/h1-7H,8-9H2. The van der Waals surface area contributed by atoms with Crippen LogP contribution < -0.4 is 9.47 Å². The number of halogens is 1. The van der Waals surface area contributed by atoms with E-state index < -0.39 is 5.97 Å². The molecule has 2 aromatic rings. The molecule has 0 aliphatic carbocycles. The maximum absolute atomic E-state index is 12.0. The molecule has 112 valence electrons. The van der Waals surface area contributed by atoms with E-state index >= 15 is 0 Å². The van der Waals surface area contributed by atoms with Gasteiger partial charge in [0, 0.05) is 10.0 Å². The summed E-state index contributed by atoms with van der Waals surface area (Å²) in [4.78, 5) is 23.9. The Kier molecular flexibility index (Phi) is 4.11. The molecule has 1 aliphatic heterocycles. The molecule has 0 unspecified atom stereocenters. The minimum atomic E-state index is -0.582. The van der Waals surface area contributed by atoms with Gasteiger partial charge < -0.3 is 14.2 Å². The number of ketones is 1. The average molecular weight is 363 g/mol. The predicted octanol–water partition coefficient (Wildman–Crippen LogP) is 3.22. The second kappa shape index (κ2) is 6.19. The van der Waals surface area contributed by atoms with Crippen molar-refractivity contribution < 1.29 is 23.8 Å². The molecule has 0 N–H and O–H groups in total. The van der Waals surface area contributed by atoms with Crippen LogP contribution in [0.25, 0.3) is 0 Å². The lowest BCUT2D eigenvalue weighted by Gasteiger charge is -2.05. The fourth-order valence-electron chi connectivity index (χ4n) is 1.98. The first-order chi connectivity index (χ1) is 10.6. The monoisotopic (exact) mass is 362 g/mol. The van der Waals surface area contributed by atoms with E-state index in [1.807, 2.05) is 6.07 Å². The number of carbonyl (C=O) groups excluding carboxylic acids is 2. The highest BCUT2D eigenvalue weighted by Gasteiger charge is 2.18. The Labute approximate surface area is 134 Å². The van der Waals surface area contributed by atoms with Crippen molar-refractivity contribution in [2.75, 3.05) is 13.4 Å². The summed E-state index contributed by atoms with van der Waals surface area (Å²) in [6.07, 6.45) is 0. The van der Waals surface area contributed by atoms with Crippen LogP contribution >= 0.6 is 15.9 Å². The van der Waals surface area contributed by atoms with Crippen LogP contribution in [-0.4, -0.2) is 25.2 Å². The van der Waals surface area contributed by atoms with Gasteiger partial charge >= 0.3 is 5.97 Å². The van der Waals surface area contributed by atoms with Gasteiger partial charge in [-0.25, -0.2) is 4.79 Å². The highest BCUT2D eigenvalue weighted by Crippen LogP contribution is 2.32. The molecule has 1 heterocycles. The van der Waals surface area contributed by atoms with Crippen molar-refractivity contribution in [3.8, 4) is 11.5 Å². The first kappa shape index (κ1) is 14.6. The Morgan fingerprint density at radius 1 is 1.05 bits per heavy atom. The minimum absolute atomic E-state index is 0.134. The number of esters is 1. The fraction of sp³-hybridized carbons (Fsp3) is 0.125. The summed E-state index contributed by atoms with van der Waals surface area (Å²) in [5.74, 6) is 0.228. The Bertz CT molecular complexity index is 741. The maximum atomic E-state index is 12.0. The van der Waals surface area contributed by atoms with E-state index in [1.165, 1.54) is 6.07 Å². The molecule has 6 heteroatoms. The van der Waals surface area contributed by atoms with Crippen molar-refractivity contribution in [1.82, 2.24) is 0 Å². The van der Waals surface area contributed by atoms with Crippen LogP contribution in [0, 0.1) is 0 Å².